The summed E-state index contributed by atoms with van der Waals surface area (Å²) in [6, 6.07) is 15.1. The topological polar surface area (TPSA) is 159 Å². The van der Waals surface area contributed by atoms with Gasteiger partial charge in [-0.3, -0.25) is 4.79 Å². The Balaban J connectivity index is 1.40. The van der Waals surface area contributed by atoms with Crippen molar-refractivity contribution in [1.29, 1.82) is 5.26 Å². The van der Waals surface area contributed by atoms with Crippen LogP contribution < -0.4 is 25.4 Å². The Hall–Kier alpha value is -5.16. The average molecular weight is 633 g/mol. The maximum atomic E-state index is 14.7. The predicted octanol–water partition coefficient (Wildman–Crippen LogP) is 3.67. The molecular formula is C32H37FN8O5. The second-order valence-corrected chi connectivity index (χ2v) is 11.1. The first-order chi connectivity index (χ1) is 22.3. The minimum Gasteiger partial charge on any atom is -0.494 e. The van der Waals surface area contributed by atoms with E-state index in [2.05, 4.69) is 26.3 Å². The van der Waals surface area contributed by atoms with Crippen molar-refractivity contribution in [1.82, 2.24) is 19.8 Å². The molecule has 3 N–H and O–H groups in total. The highest BCUT2D eigenvalue weighted by atomic mass is 19.1. The minimum absolute atomic E-state index is 0.0275. The third kappa shape index (κ3) is 7.37. The van der Waals surface area contributed by atoms with E-state index in [1.807, 2.05) is 37.4 Å². The number of halogens is 1. The molecule has 13 nitrogen and oxygen atoms in total. The number of nitrogen functional groups attached to an aromatic ring is 1. The van der Waals surface area contributed by atoms with E-state index in [4.69, 9.17) is 19.9 Å². The van der Waals surface area contributed by atoms with Gasteiger partial charge in [-0.1, -0.05) is 36.4 Å². The Morgan fingerprint density at radius 2 is 1.91 bits per heavy atom. The maximum absolute atomic E-state index is 14.7. The summed E-state index contributed by atoms with van der Waals surface area (Å²) < 4.78 is 31.5. The molecule has 0 radical (unpaired) electrons. The Bertz CT molecular complexity index is 1590. The van der Waals surface area contributed by atoms with Crippen LogP contribution in [-0.4, -0.2) is 90.8 Å². The number of hydrogen-bond acceptors (Lipinski definition) is 11. The minimum atomic E-state index is -0.788. The second kappa shape index (κ2) is 14.7. The molecule has 2 fully saturated rings. The zero-order valence-corrected chi connectivity index (χ0v) is 25.8. The number of nitrogens with one attached hydrogen (secondary N) is 1. The number of ether oxygens (including phenoxy) is 3. The molecular weight excluding hydrogens is 595 g/mol. The fourth-order valence-corrected chi connectivity index (χ4v) is 5.62. The summed E-state index contributed by atoms with van der Waals surface area (Å²) in [4.78, 5) is 41.0. The summed E-state index contributed by atoms with van der Waals surface area (Å²) >= 11 is 0. The summed E-state index contributed by atoms with van der Waals surface area (Å²) in [5.41, 5.74) is 6.93. The van der Waals surface area contributed by atoms with Gasteiger partial charge >= 0.3 is 12.1 Å². The molecule has 0 bridgehead atoms. The van der Waals surface area contributed by atoms with Crippen molar-refractivity contribution in [3.8, 4) is 17.8 Å². The van der Waals surface area contributed by atoms with Gasteiger partial charge < -0.3 is 40.0 Å². The van der Waals surface area contributed by atoms with Gasteiger partial charge in [-0.05, 0) is 44.1 Å². The molecule has 0 saturated carbocycles. The summed E-state index contributed by atoms with van der Waals surface area (Å²) in [6.45, 7) is 2.00. The molecule has 1 aromatic heterocycles. The van der Waals surface area contributed by atoms with Gasteiger partial charge in [0.25, 0.3) is 5.91 Å². The Morgan fingerprint density at radius 3 is 2.63 bits per heavy atom. The first kappa shape index (κ1) is 32.2. The molecule has 3 aromatic rings. The van der Waals surface area contributed by atoms with Gasteiger partial charge in [0.1, 0.15) is 30.3 Å². The number of carbonyl (C=O) groups excluding carboxylic acids is 2. The first-order valence-corrected chi connectivity index (χ1v) is 15.0. The second-order valence-electron chi connectivity index (χ2n) is 11.1. The van der Waals surface area contributed by atoms with Crippen LogP contribution in [0.3, 0.4) is 0 Å². The van der Waals surface area contributed by atoms with E-state index in [9.17, 15) is 19.2 Å². The van der Waals surface area contributed by atoms with Gasteiger partial charge in [-0.25, -0.2) is 9.18 Å². The van der Waals surface area contributed by atoms with Crippen LogP contribution in [0.5, 0.6) is 11.8 Å². The number of likely N-dealkylation sites (tertiary alicyclic amines) is 1. The zero-order chi connectivity index (χ0) is 32.6. The fourth-order valence-electron chi connectivity index (χ4n) is 5.62. The molecule has 2 amide bonds. The molecule has 14 heteroatoms. The van der Waals surface area contributed by atoms with Gasteiger partial charge in [-0.2, -0.15) is 15.2 Å². The Morgan fingerprint density at radius 1 is 1.11 bits per heavy atom. The normalized spacial score (nSPS) is 18.1. The number of likely N-dealkylation sites (N-methyl/N-ethyl adjacent to an activating group) is 1. The number of anilines is 3. The van der Waals surface area contributed by atoms with Crippen LogP contribution in [0.1, 0.15) is 35.3 Å². The standard InChI is InChI=1S/C32H37FN8O5/c1-39-15-7-10-23(39)20-45-31-37-28(30(42)36-27-24(33)11-6-12-25(27)44-2)26(35)29(38-31)40-16-17-41(22(18-40)13-14-34)32(43)46-19-21-8-4-3-5-9-21/h3-6,8-9,11-12,22-23H,7,10,13,15-20,35H2,1-2H3,(H,36,42). The molecule has 2 aliphatic heterocycles. The van der Waals surface area contributed by atoms with Gasteiger partial charge in [0.15, 0.2) is 17.3 Å². The average Bonchev–Trinajstić information content (AvgIpc) is 3.48. The zero-order valence-electron chi connectivity index (χ0n) is 25.8. The smallest absolute Gasteiger partial charge is 0.410 e. The summed E-state index contributed by atoms with van der Waals surface area (Å²) in [5, 5.41) is 12.1. The first-order valence-electron chi connectivity index (χ1n) is 15.0. The van der Waals surface area contributed by atoms with E-state index in [1.165, 1.54) is 30.2 Å². The van der Waals surface area contributed by atoms with E-state index in [0.29, 0.717) is 6.61 Å². The van der Waals surface area contributed by atoms with Gasteiger partial charge in [0.2, 0.25) is 0 Å². The van der Waals surface area contributed by atoms with E-state index in [0.717, 1.165) is 24.9 Å². The number of benzene rings is 2. The SMILES string of the molecule is COc1cccc(F)c1NC(=O)c1nc(OCC2CCCN2C)nc(N2CCN(C(=O)OCc3ccccc3)C(CC#N)C2)c1N. The third-order valence-corrected chi connectivity index (χ3v) is 8.18. The van der Waals surface area contributed by atoms with Gasteiger partial charge in [-0.15, -0.1) is 0 Å². The van der Waals surface area contributed by atoms with Crippen LogP contribution in [-0.2, 0) is 11.3 Å². The molecule has 5 rings (SSSR count). The number of nitriles is 1. The van der Waals surface area contributed by atoms with Crippen molar-refractivity contribution in [3.05, 3.63) is 65.6 Å². The number of piperazine rings is 1. The Kier molecular flexibility index (Phi) is 10.3. The van der Waals surface area contributed by atoms with Crippen molar-refractivity contribution >= 4 is 29.2 Å². The lowest BCUT2D eigenvalue weighted by molar-refractivity contribution is 0.0768. The number of rotatable bonds is 10. The molecule has 242 valence electrons. The van der Waals surface area contributed by atoms with E-state index in [-0.39, 0.29) is 73.4 Å². The van der Waals surface area contributed by atoms with Crippen LogP contribution in [0.4, 0.5) is 26.4 Å². The van der Waals surface area contributed by atoms with Crippen LogP contribution in [0, 0.1) is 17.1 Å². The van der Waals surface area contributed by atoms with Crippen molar-refractivity contribution in [2.45, 2.75) is 38.0 Å². The van der Waals surface area contributed by atoms with Crippen LogP contribution in [0.25, 0.3) is 0 Å². The molecule has 46 heavy (non-hydrogen) atoms. The van der Waals surface area contributed by atoms with Crippen molar-refractivity contribution < 1.29 is 28.2 Å². The molecule has 2 aromatic carbocycles. The molecule has 2 saturated heterocycles. The number of aromatic nitrogens is 2. The van der Waals surface area contributed by atoms with Crippen molar-refractivity contribution in [2.24, 2.45) is 0 Å². The highest BCUT2D eigenvalue weighted by Gasteiger charge is 2.34. The lowest BCUT2D eigenvalue weighted by Gasteiger charge is -2.40. The van der Waals surface area contributed by atoms with Crippen molar-refractivity contribution in [2.75, 3.05) is 62.9 Å². The number of nitrogens with zero attached hydrogens (tertiary/aromatic N) is 6. The highest BCUT2D eigenvalue weighted by molar-refractivity contribution is 6.08. The van der Waals surface area contributed by atoms with Gasteiger partial charge in [0, 0.05) is 25.7 Å². The molecule has 2 atom stereocenters. The quantitative estimate of drug-likeness (QED) is 0.336. The number of methoxy groups -OCH3 is 1. The number of nitrogens with two attached hydrogens (primary N) is 1. The largest absolute Gasteiger partial charge is 0.494 e. The lowest BCUT2D eigenvalue weighted by Crippen LogP contribution is -2.55. The predicted molar refractivity (Wildman–Crippen MR) is 168 cm³/mol. The molecule has 0 aliphatic carbocycles. The maximum Gasteiger partial charge on any atom is 0.410 e. The summed E-state index contributed by atoms with van der Waals surface area (Å²) in [6.07, 6.45) is 1.47. The fraction of sp³-hybridized carbons (Fsp3) is 0.406. The van der Waals surface area contributed by atoms with Gasteiger partial charge in [0.05, 0.1) is 25.6 Å². The summed E-state index contributed by atoms with van der Waals surface area (Å²) in [5.74, 6) is -1.16. The molecule has 2 aliphatic rings. The van der Waals surface area contributed by atoms with Crippen LogP contribution in [0.2, 0.25) is 0 Å². The monoisotopic (exact) mass is 632 g/mol. The molecule has 3 heterocycles. The van der Waals surface area contributed by atoms with Crippen LogP contribution in [0.15, 0.2) is 48.5 Å². The lowest BCUT2D eigenvalue weighted by atomic mass is 10.1. The molecule has 2 unspecified atom stereocenters. The number of para-hydroxylation sites is 1. The van der Waals surface area contributed by atoms with E-state index >= 15 is 0 Å². The highest BCUT2D eigenvalue weighted by Crippen LogP contribution is 2.32. The van der Waals surface area contributed by atoms with Crippen molar-refractivity contribution in [3.63, 3.8) is 0 Å². The summed E-state index contributed by atoms with van der Waals surface area (Å²) in [7, 11) is 3.37. The van der Waals surface area contributed by atoms with E-state index < -0.39 is 23.9 Å². The molecule has 0 spiro atoms. The Labute approximate surface area is 266 Å². The number of hydrogen-bond donors (Lipinski definition) is 2. The number of carbonyl (C=O) groups is 2. The van der Waals surface area contributed by atoms with E-state index in [1.54, 1.807) is 4.90 Å². The third-order valence-electron chi connectivity index (χ3n) is 8.18. The van der Waals surface area contributed by atoms with Crippen LogP contribution >= 0.6 is 0 Å². The number of amides is 2.